The monoisotopic (exact) mass is 254 g/mol. The van der Waals surface area contributed by atoms with Gasteiger partial charge in [0.15, 0.2) is 0 Å². The Balaban J connectivity index is 2.41. The third-order valence-corrected chi connectivity index (χ3v) is 4.31. The van der Waals surface area contributed by atoms with Crippen LogP contribution in [0.25, 0.3) is 0 Å². The van der Waals surface area contributed by atoms with Gasteiger partial charge in [-0.3, -0.25) is 9.59 Å². The van der Waals surface area contributed by atoms with Gasteiger partial charge in [0.25, 0.3) is 15.9 Å². The topological polar surface area (TPSA) is 97.5 Å². The van der Waals surface area contributed by atoms with Gasteiger partial charge in [0.2, 0.25) is 5.91 Å². The summed E-state index contributed by atoms with van der Waals surface area (Å²) in [4.78, 5) is 22.4. The van der Waals surface area contributed by atoms with E-state index in [2.05, 4.69) is 0 Å². The number of primary amides is 1. The van der Waals surface area contributed by atoms with E-state index in [1.165, 1.54) is 12.1 Å². The molecule has 2 rings (SSSR count). The number of sulfonamides is 1. The molecule has 6 nitrogen and oxygen atoms in total. The lowest BCUT2D eigenvalue weighted by Crippen LogP contribution is -2.33. The molecule has 0 aromatic heterocycles. The fourth-order valence-corrected chi connectivity index (χ4v) is 3.23. The molecule has 17 heavy (non-hydrogen) atoms. The van der Waals surface area contributed by atoms with E-state index in [1.807, 2.05) is 0 Å². The van der Waals surface area contributed by atoms with E-state index in [4.69, 9.17) is 5.73 Å². The van der Waals surface area contributed by atoms with Crippen molar-refractivity contribution in [3.8, 4) is 0 Å². The van der Waals surface area contributed by atoms with Crippen molar-refractivity contribution in [1.82, 2.24) is 4.31 Å². The van der Waals surface area contributed by atoms with Crippen LogP contribution in [0, 0.1) is 0 Å². The maximum atomic E-state index is 12.0. The third kappa shape index (κ3) is 1.78. The first kappa shape index (κ1) is 11.6. The molecule has 0 spiro atoms. The molecular weight excluding hydrogens is 244 g/mol. The molecule has 90 valence electrons. The second kappa shape index (κ2) is 3.85. The largest absolute Gasteiger partial charge is 0.370 e. The first-order valence-electron chi connectivity index (χ1n) is 4.89. The number of amides is 2. The zero-order chi connectivity index (χ0) is 12.6. The summed E-state index contributed by atoms with van der Waals surface area (Å²) >= 11 is 0. The second-order valence-electron chi connectivity index (χ2n) is 3.59. The average Bonchev–Trinajstić information content (AvgIpc) is 2.46. The van der Waals surface area contributed by atoms with Crippen LogP contribution in [-0.4, -0.2) is 31.1 Å². The van der Waals surface area contributed by atoms with Crippen molar-refractivity contribution in [3.63, 3.8) is 0 Å². The van der Waals surface area contributed by atoms with Crippen molar-refractivity contribution in [2.75, 3.05) is 6.54 Å². The number of nitrogens with zero attached hydrogens (tertiary/aromatic N) is 1. The molecular formula is C10H10N2O4S. The van der Waals surface area contributed by atoms with Crippen LogP contribution in [0.5, 0.6) is 0 Å². The van der Waals surface area contributed by atoms with Crippen molar-refractivity contribution in [2.24, 2.45) is 5.73 Å². The summed E-state index contributed by atoms with van der Waals surface area (Å²) in [5.74, 6) is -1.26. The number of carbonyl (C=O) groups excluding carboxylic acids is 2. The molecule has 1 aromatic carbocycles. The highest BCUT2D eigenvalue weighted by atomic mass is 32.2. The van der Waals surface area contributed by atoms with Crippen LogP contribution in [0.3, 0.4) is 0 Å². The van der Waals surface area contributed by atoms with Gasteiger partial charge in [-0.05, 0) is 12.1 Å². The highest BCUT2D eigenvalue weighted by molar-refractivity contribution is 7.90. The van der Waals surface area contributed by atoms with Crippen LogP contribution in [0.1, 0.15) is 16.8 Å². The molecule has 0 atom stereocenters. The first-order valence-corrected chi connectivity index (χ1v) is 6.33. The summed E-state index contributed by atoms with van der Waals surface area (Å²) in [5.41, 5.74) is 5.07. The SMILES string of the molecule is NC(=O)CCN1C(=O)c2ccccc2S1(=O)=O. The normalized spacial score (nSPS) is 16.9. The van der Waals surface area contributed by atoms with Crippen LogP contribution in [0.15, 0.2) is 29.2 Å². The van der Waals surface area contributed by atoms with Crippen LogP contribution >= 0.6 is 0 Å². The zero-order valence-corrected chi connectivity index (χ0v) is 9.61. The smallest absolute Gasteiger partial charge is 0.269 e. The van der Waals surface area contributed by atoms with E-state index in [0.717, 1.165) is 0 Å². The van der Waals surface area contributed by atoms with Crippen molar-refractivity contribution in [2.45, 2.75) is 11.3 Å². The van der Waals surface area contributed by atoms with E-state index in [-0.39, 0.29) is 23.4 Å². The van der Waals surface area contributed by atoms with Crippen LogP contribution in [0.4, 0.5) is 0 Å². The minimum Gasteiger partial charge on any atom is -0.370 e. The summed E-state index contributed by atoms with van der Waals surface area (Å²) in [5, 5.41) is 0. The molecule has 1 heterocycles. The Hall–Kier alpha value is -1.89. The zero-order valence-electron chi connectivity index (χ0n) is 8.79. The Labute approximate surface area is 98.1 Å². The predicted octanol–water partition coefficient (Wildman–Crippen LogP) is -0.294. The van der Waals surface area contributed by atoms with Gasteiger partial charge in [-0.25, -0.2) is 12.7 Å². The summed E-state index contributed by atoms with van der Waals surface area (Å²) in [6.45, 7) is -0.217. The number of benzene rings is 1. The first-order chi connectivity index (χ1) is 7.94. The van der Waals surface area contributed by atoms with E-state index >= 15 is 0 Å². The van der Waals surface area contributed by atoms with Gasteiger partial charge in [-0.1, -0.05) is 12.1 Å². The molecule has 0 unspecified atom stereocenters. The van der Waals surface area contributed by atoms with E-state index in [0.29, 0.717) is 4.31 Å². The highest BCUT2D eigenvalue weighted by Crippen LogP contribution is 2.29. The van der Waals surface area contributed by atoms with Gasteiger partial charge in [0.1, 0.15) is 4.90 Å². The fraction of sp³-hybridized carbons (Fsp3) is 0.200. The molecule has 1 aliphatic heterocycles. The van der Waals surface area contributed by atoms with Gasteiger partial charge < -0.3 is 5.73 Å². The minimum atomic E-state index is -3.82. The average molecular weight is 254 g/mol. The van der Waals surface area contributed by atoms with Crippen molar-refractivity contribution < 1.29 is 18.0 Å². The summed E-state index contributed by atoms with van der Waals surface area (Å²) in [6.07, 6.45) is -0.182. The van der Waals surface area contributed by atoms with Crippen LogP contribution < -0.4 is 5.73 Å². The van der Waals surface area contributed by atoms with Gasteiger partial charge in [0.05, 0.1) is 5.56 Å². The van der Waals surface area contributed by atoms with Gasteiger partial charge in [-0.15, -0.1) is 0 Å². The Kier molecular flexibility index (Phi) is 2.62. The van der Waals surface area contributed by atoms with Crippen molar-refractivity contribution >= 4 is 21.8 Å². The van der Waals surface area contributed by atoms with Crippen molar-refractivity contribution in [3.05, 3.63) is 29.8 Å². The summed E-state index contributed by atoms with van der Waals surface area (Å²) in [6, 6.07) is 5.94. The predicted molar refractivity (Wildman–Crippen MR) is 58.5 cm³/mol. The summed E-state index contributed by atoms with van der Waals surface area (Å²) < 4.78 is 24.6. The van der Waals surface area contributed by atoms with Crippen LogP contribution in [0.2, 0.25) is 0 Å². The molecule has 1 aromatic rings. The van der Waals surface area contributed by atoms with Gasteiger partial charge in [-0.2, -0.15) is 0 Å². The Morgan fingerprint density at radius 1 is 1.29 bits per heavy atom. The standard InChI is InChI=1S/C10H10N2O4S/c11-9(13)5-6-12-10(14)7-3-1-2-4-8(7)17(12,15)16/h1-4H,5-6H2,(H2,11,13). The molecule has 0 fully saturated rings. The van der Waals surface area contributed by atoms with Gasteiger partial charge in [0, 0.05) is 13.0 Å². The lowest BCUT2D eigenvalue weighted by Gasteiger charge is -2.13. The molecule has 0 bridgehead atoms. The fourth-order valence-electron chi connectivity index (χ4n) is 1.66. The molecule has 0 radical (unpaired) electrons. The maximum absolute atomic E-state index is 12.0. The lowest BCUT2D eigenvalue weighted by atomic mass is 10.2. The lowest BCUT2D eigenvalue weighted by molar-refractivity contribution is -0.118. The van der Waals surface area contributed by atoms with E-state index < -0.39 is 21.8 Å². The molecule has 0 saturated heterocycles. The number of nitrogens with two attached hydrogens (primary N) is 1. The number of fused-ring (bicyclic) bond motifs is 1. The van der Waals surface area contributed by atoms with Gasteiger partial charge >= 0.3 is 0 Å². The summed E-state index contributed by atoms with van der Waals surface area (Å²) in [7, 11) is -3.82. The quantitative estimate of drug-likeness (QED) is 0.801. The molecule has 2 N–H and O–H groups in total. The number of rotatable bonds is 3. The Bertz CT molecular complexity index is 594. The molecule has 0 saturated carbocycles. The molecule has 1 aliphatic rings. The number of carbonyl (C=O) groups is 2. The Morgan fingerprint density at radius 3 is 2.53 bits per heavy atom. The Morgan fingerprint density at radius 2 is 1.94 bits per heavy atom. The number of hydrogen-bond donors (Lipinski definition) is 1. The third-order valence-electron chi connectivity index (χ3n) is 2.47. The minimum absolute atomic E-state index is 0.0190. The molecule has 2 amide bonds. The van der Waals surface area contributed by atoms with E-state index in [9.17, 15) is 18.0 Å². The van der Waals surface area contributed by atoms with Crippen molar-refractivity contribution in [1.29, 1.82) is 0 Å². The highest BCUT2D eigenvalue weighted by Gasteiger charge is 2.40. The van der Waals surface area contributed by atoms with Crippen LogP contribution in [-0.2, 0) is 14.8 Å². The number of hydrogen-bond acceptors (Lipinski definition) is 4. The molecule has 0 aliphatic carbocycles. The molecule has 7 heteroatoms. The van der Waals surface area contributed by atoms with E-state index in [1.54, 1.807) is 12.1 Å². The second-order valence-corrected chi connectivity index (χ2v) is 5.43. The maximum Gasteiger partial charge on any atom is 0.269 e.